The van der Waals surface area contributed by atoms with E-state index in [-0.39, 0.29) is 5.56 Å². The van der Waals surface area contributed by atoms with Gasteiger partial charge >= 0.3 is 0 Å². The van der Waals surface area contributed by atoms with Gasteiger partial charge in [0.1, 0.15) is 4.70 Å². The molecule has 0 bridgehead atoms. The molecule has 0 spiro atoms. The van der Waals surface area contributed by atoms with Gasteiger partial charge < -0.3 is 9.88 Å². The van der Waals surface area contributed by atoms with E-state index < -0.39 is 0 Å². The van der Waals surface area contributed by atoms with Crippen molar-refractivity contribution in [2.75, 3.05) is 18.0 Å². The first-order valence-corrected chi connectivity index (χ1v) is 6.75. The molecule has 1 aliphatic rings. The van der Waals surface area contributed by atoms with Gasteiger partial charge in [-0.1, -0.05) is 24.2 Å². The molecule has 0 unspecified atom stereocenters. The van der Waals surface area contributed by atoms with E-state index in [1.807, 2.05) is 0 Å². The fraction of sp³-hybridized carbons (Fsp3) is 0.545. The zero-order valence-electron chi connectivity index (χ0n) is 9.48. The van der Waals surface area contributed by atoms with Gasteiger partial charge in [0.15, 0.2) is 10.8 Å². The summed E-state index contributed by atoms with van der Waals surface area (Å²) in [5.41, 5.74) is 0.478. The maximum absolute atomic E-state index is 11.6. The lowest BCUT2D eigenvalue weighted by atomic mass is 10.2. The molecule has 0 saturated carbocycles. The van der Waals surface area contributed by atoms with Crippen LogP contribution < -0.4 is 10.5 Å². The Hall–Kier alpha value is -1.43. The standard InChI is InChI=1S/C11H14N4OS/c16-10-8-9(12-7-13-10)14-11(17-8)15-5-3-1-2-4-6-15/h7H,1-6H2,(H,12,13,16). The van der Waals surface area contributed by atoms with Crippen molar-refractivity contribution in [3.63, 3.8) is 0 Å². The Morgan fingerprint density at radius 1 is 1.24 bits per heavy atom. The van der Waals surface area contributed by atoms with E-state index >= 15 is 0 Å². The van der Waals surface area contributed by atoms with E-state index in [9.17, 15) is 4.79 Å². The van der Waals surface area contributed by atoms with Gasteiger partial charge in [-0.2, -0.15) is 4.98 Å². The molecule has 2 aromatic rings. The minimum absolute atomic E-state index is 0.0893. The Bertz CT molecular complexity index is 568. The molecule has 17 heavy (non-hydrogen) atoms. The second kappa shape index (κ2) is 4.44. The van der Waals surface area contributed by atoms with Gasteiger partial charge in [0.05, 0.1) is 6.33 Å². The number of thiazole rings is 1. The third-order valence-electron chi connectivity index (χ3n) is 3.06. The van der Waals surface area contributed by atoms with Gasteiger partial charge in [0, 0.05) is 13.1 Å². The van der Waals surface area contributed by atoms with Gasteiger partial charge in [0.2, 0.25) is 0 Å². The quantitative estimate of drug-likeness (QED) is 0.837. The normalized spacial score (nSPS) is 17.3. The molecule has 90 valence electrons. The minimum Gasteiger partial charge on any atom is -0.348 e. The van der Waals surface area contributed by atoms with Crippen LogP contribution in [-0.2, 0) is 0 Å². The Morgan fingerprint density at radius 3 is 2.71 bits per heavy atom. The number of nitrogens with one attached hydrogen (secondary N) is 1. The van der Waals surface area contributed by atoms with Crippen LogP contribution >= 0.6 is 11.3 Å². The van der Waals surface area contributed by atoms with Gasteiger partial charge in [-0.15, -0.1) is 0 Å². The number of aromatic nitrogens is 3. The smallest absolute Gasteiger partial charge is 0.270 e. The number of rotatable bonds is 1. The van der Waals surface area contributed by atoms with Gasteiger partial charge in [0.25, 0.3) is 5.56 Å². The molecule has 0 atom stereocenters. The van der Waals surface area contributed by atoms with Gasteiger partial charge in [-0.3, -0.25) is 4.79 Å². The maximum atomic E-state index is 11.6. The predicted octanol–water partition coefficient (Wildman–Crippen LogP) is 1.76. The molecule has 6 heteroatoms. The summed E-state index contributed by atoms with van der Waals surface area (Å²) in [4.78, 5) is 25.0. The highest BCUT2D eigenvalue weighted by Crippen LogP contribution is 2.26. The third-order valence-corrected chi connectivity index (χ3v) is 4.17. The SMILES string of the molecule is O=c1[nH]cnc2nc(N3CCCCCC3)sc12. The van der Waals surface area contributed by atoms with Crippen LogP contribution in [0.4, 0.5) is 5.13 Å². The van der Waals surface area contributed by atoms with Crippen LogP contribution in [0.15, 0.2) is 11.1 Å². The topological polar surface area (TPSA) is 61.9 Å². The van der Waals surface area contributed by atoms with Crippen LogP contribution in [0.25, 0.3) is 10.3 Å². The molecule has 3 rings (SSSR count). The molecule has 0 aromatic carbocycles. The Kier molecular flexibility index (Phi) is 2.80. The molecule has 1 fully saturated rings. The van der Waals surface area contributed by atoms with E-state index in [4.69, 9.17) is 0 Å². The van der Waals surface area contributed by atoms with Crippen LogP contribution in [-0.4, -0.2) is 28.0 Å². The molecule has 1 aliphatic heterocycles. The van der Waals surface area contributed by atoms with Crippen molar-refractivity contribution in [3.8, 4) is 0 Å². The van der Waals surface area contributed by atoms with Crippen molar-refractivity contribution in [1.82, 2.24) is 15.0 Å². The average Bonchev–Trinajstić information content (AvgIpc) is 2.59. The molecule has 1 saturated heterocycles. The van der Waals surface area contributed by atoms with Gasteiger partial charge in [-0.25, -0.2) is 4.98 Å². The average molecular weight is 250 g/mol. The summed E-state index contributed by atoms with van der Waals surface area (Å²) in [6.45, 7) is 2.08. The summed E-state index contributed by atoms with van der Waals surface area (Å²) in [7, 11) is 0. The van der Waals surface area contributed by atoms with Crippen LogP contribution in [0, 0.1) is 0 Å². The lowest BCUT2D eigenvalue weighted by molar-refractivity contribution is 0.726. The molecule has 1 N–H and O–H groups in total. The highest BCUT2D eigenvalue weighted by molar-refractivity contribution is 7.22. The number of anilines is 1. The second-order valence-electron chi connectivity index (χ2n) is 4.28. The maximum Gasteiger partial charge on any atom is 0.270 e. The van der Waals surface area contributed by atoms with Crippen LogP contribution in [0.1, 0.15) is 25.7 Å². The summed E-state index contributed by atoms with van der Waals surface area (Å²) >= 11 is 1.45. The first-order valence-electron chi connectivity index (χ1n) is 5.94. The highest BCUT2D eigenvalue weighted by atomic mass is 32.1. The summed E-state index contributed by atoms with van der Waals surface area (Å²) in [6.07, 6.45) is 6.41. The Labute approximate surface area is 103 Å². The largest absolute Gasteiger partial charge is 0.348 e. The zero-order valence-corrected chi connectivity index (χ0v) is 10.3. The molecular weight excluding hydrogens is 236 g/mol. The number of nitrogens with zero attached hydrogens (tertiary/aromatic N) is 3. The predicted molar refractivity (Wildman–Crippen MR) is 68.7 cm³/mol. The minimum atomic E-state index is -0.0893. The van der Waals surface area contributed by atoms with Crippen molar-refractivity contribution in [3.05, 3.63) is 16.7 Å². The molecular formula is C11H14N4OS. The second-order valence-corrected chi connectivity index (χ2v) is 5.26. The monoisotopic (exact) mass is 250 g/mol. The highest BCUT2D eigenvalue weighted by Gasteiger charge is 2.15. The van der Waals surface area contributed by atoms with Crippen molar-refractivity contribution >= 4 is 26.8 Å². The Morgan fingerprint density at radius 2 is 2.00 bits per heavy atom. The fourth-order valence-electron chi connectivity index (χ4n) is 2.15. The van der Waals surface area contributed by atoms with Crippen molar-refractivity contribution in [2.45, 2.75) is 25.7 Å². The lowest BCUT2D eigenvalue weighted by Gasteiger charge is -2.18. The first kappa shape index (κ1) is 10.7. The summed E-state index contributed by atoms with van der Waals surface area (Å²) in [6, 6.07) is 0. The lowest BCUT2D eigenvalue weighted by Crippen LogP contribution is -2.23. The van der Waals surface area contributed by atoms with E-state index in [2.05, 4.69) is 19.9 Å². The number of hydrogen-bond acceptors (Lipinski definition) is 5. The fourth-order valence-corrected chi connectivity index (χ4v) is 3.12. The van der Waals surface area contributed by atoms with Crippen molar-refractivity contribution in [1.29, 1.82) is 0 Å². The molecule has 3 heterocycles. The third kappa shape index (κ3) is 2.04. The number of hydrogen-bond donors (Lipinski definition) is 1. The first-order chi connectivity index (χ1) is 8.34. The molecule has 0 amide bonds. The van der Waals surface area contributed by atoms with E-state index in [1.54, 1.807) is 0 Å². The van der Waals surface area contributed by atoms with Crippen molar-refractivity contribution < 1.29 is 0 Å². The van der Waals surface area contributed by atoms with E-state index in [1.165, 1.54) is 43.3 Å². The molecule has 5 nitrogen and oxygen atoms in total. The van der Waals surface area contributed by atoms with Crippen molar-refractivity contribution in [2.24, 2.45) is 0 Å². The number of fused-ring (bicyclic) bond motifs is 1. The molecule has 0 aliphatic carbocycles. The summed E-state index contributed by atoms with van der Waals surface area (Å²) in [5.74, 6) is 0. The van der Waals surface area contributed by atoms with Crippen LogP contribution in [0.2, 0.25) is 0 Å². The number of H-pyrrole nitrogens is 1. The summed E-state index contributed by atoms with van der Waals surface area (Å²) in [5, 5.41) is 0.936. The molecule has 2 aromatic heterocycles. The van der Waals surface area contributed by atoms with Gasteiger partial charge in [-0.05, 0) is 12.8 Å². The summed E-state index contributed by atoms with van der Waals surface area (Å²) < 4.78 is 0.631. The molecule has 0 radical (unpaired) electrons. The van der Waals surface area contributed by atoms with Crippen LogP contribution in [0.3, 0.4) is 0 Å². The zero-order chi connectivity index (χ0) is 11.7. The number of aromatic amines is 1. The van der Waals surface area contributed by atoms with E-state index in [0.29, 0.717) is 10.3 Å². The van der Waals surface area contributed by atoms with Crippen LogP contribution in [0.5, 0.6) is 0 Å². The Balaban J connectivity index is 1.99. The van der Waals surface area contributed by atoms with E-state index in [0.717, 1.165) is 18.2 Å².